The molecule has 0 amide bonds. The maximum absolute atomic E-state index is 5.67. The molecule has 0 spiro atoms. The molecule has 4 nitrogen and oxygen atoms in total. The summed E-state index contributed by atoms with van der Waals surface area (Å²) in [4.78, 5) is 0. The summed E-state index contributed by atoms with van der Waals surface area (Å²) in [6.45, 7) is 1.21. The molecular weight excluding hydrogens is 166 g/mol. The van der Waals surface area contributed by atoms with E-state index in [4.69, 9.17) is 21.9 Å². The van der Waals surface area contributed by atoms with E-state index in [0.29, 0.717) is 30.3 Å². The molecular formula is C9H15N3O. The molecule has 0 aromatic heterocycles. The average Bonchev–Trinajstić information content (AvgIpc) is 2.09. The van der Waals surface area contributed by atoms with Gasteiger partial charge in [-0.25, -0.2) is 0 Å². The van der Waals surface area contributed by atoms with Crippen LogP contribution < -0.4 is 21.9 Å². The number of ether oxygens (including phenoxy) is 1. The Balaban J connectivity index is 2.56. The maximum Gasteiger partial charge on any atom is 0.142 e. The van der Waals surface area contributed by atoms with E-state index in [2.05, 4.69) is 0 Å². The summed E-state index contributed by atoms with van der Waals surface area (Å²) in [5.41, 5.74) is 17.7. The fraction of sp³-hybridized carbons (Fsp3) is 0.333. The molecule has 0 heterocycles. The Labute approximate surface area is 77.7 Å². The minimum absolute atomic E-state index is 0.567. The lowest BCUT2D eigenvalue weighted by molar-refractivity contribution is 0.315. The van der Waals surface area contributed by atoms with E-state index in [1.54, 1.807) is 18.2 Å². The van der Waals surface area contributed by atoms with Gasteiger partial charge in [-0.2, -0.15) is 0 Å². The predicted molar refractivity (Wildman–Crippen MR) is 54.4 cm³/mol. The van der Waals surface area contributed by atoms with Gasteiger partial charge in [0.1, 0.15) is 5.75 Å². The van der Waals surface area contributed by atoms with Crippen LogP contribution in [0.3, 0.4) is 0 Å². The Morgan fingerprint density at radius 2 is 2.00 bits per heavy atom. The van der Waals surface area contributed by atoms with Crippen LogP contribution in [-0.4, -0.2) is 13.2 Å². The fourth-order valence-corrected chi connectivity index (χ4v) is 0.964. The smallest absolute Gasteiger partial charge is 0.142 e. The van der Waals surface area contributed by atoms with E-state index in [0.717, 1.165) is 6.42 Å². The van der Waals surface area contributed by atoms with Crippen LogP contribution in [-0.2, 0) is 0 Å². The van der Waals surface area contributed by atoms with Crippen LogP contribution in [0, 0.1) is 0 Å². The third kappa shape index (κ3) is 2.83. The first-order valence-corrected chi connectivity index (χ1v) is 4.22. The number of benzene rings is 1. The molecule has 1 aromatic carbocycles. The van der Waals surface area contributed by atoms with Crippen LogP contribution in [0.1, 0.15) is 6.42 Å². The number of hydrogen-bond donors (Lipinski definition) is 3. The Hall–Kier alpha value is -1.42. The Morgan fingerprint density at radius 3 is 2.62 bits per heavy atom. The summed E-state index contributed by atoms with van der Waals surface area (Å²) in [6.07, 6.45) is 0.823. The molecule has 0 aliphatic rings. The number of nitrogens with two attached hydrogens (primary N) is 3. The van der Waals surface area contributed by atoms with Gasteiger partial charge in [0.05, 0.1) is 12.3 Å². The summed E-state index contributed by atoms with van der Waals surface area (Å²) in [6, 6.07) is 5.20. The molecule has 4 heteroatoms. The van der Waals surface area contributed by atoms with Crippen molar-refractivity contribution in [1.29, 1.82) is 0 Å². The second-order valence-electron chi connectivity index (χ2n) is 2.79. The van der Waals surface area contributed by atoms with Crippen LogP contribution in [0.2, 0.25) is 0 Å². The molecule has 1 rings (SSSR count). The van der Waals surface area contributed by atoms with Crippen molar-refractivity contribution >= 4 is 11.4 Å². The number of hydrogen-bond acceptors (Lipinski definition) is 4. The minimum atomic E-state index is 0.567. The summed E-state index contributed by atoms with van der Waals surface area (Å²) < 4.78 is 5.37. The predicted octanol–water partition coefficient (Wildman–Crippen LogP) is 0.579. The molecule has 13 heavy (non-hydrogen) atoms. The van der Waals surface area contributed by atoms with Gasteiger partial charge in [-0.15, -0.1) is 0 Å². The van der Waals surface area contributed by atoms with Gasteiger partial charge in [0.15, 0.2) is 0 Å². The van der Waals surface area contributed by atoms with Crippen molar-refractivity contribution in [2.75, 3.05) is 24.6 Å². The van der Waals surface area contributed by atoms with Crippen molar-refractivity contribution in [3.8, 4) is 5.75 Å². The van der Waals surface area contributed by atoms with Gasteiger partial charge in [-0.05, 0) is 31.2 Å². The second-order valence-corrected chi connectivity index (χ2v) is 2.79. The Morgan fingerprint density at radius 1 is 1.23 bits per heavy atom. The molecule has 0 saturated carbocycles. The molecule has 0 saturated heterocycles. The topological polar surface area (TPSA) is 87.3 Å². The highest BCUT2D eigenvalue weighted by Crippen LogP contribution is 2.23. The summed E-state index contributed by atoms with van der Waals surface area (Å²) in [7, 11) is 0. The van der Waals surface area contributed by atoms with Crippen molar-refractivity contribution in [2.24, 2.45) is 5.73 Å². The molecule has 0 atom stereocenters. The molecule has 0 bridgehead atoms. The van der Waals surface area contributed by atoms with E-state index >= 15 is 0 Å². The lowest BCUT2D eigenvalue weighted by Gasteiger charge is -2.08. The summed E-state index contributed by atoms with van der Waals surface area (Å²) >= 11 is 0. The van der Waals surface area contributed by atoms with E-state index in [1.807, 2.05) is 0 Å². The zero-order chi connectivity index (χ0) is 9.68. The SMILES string of the molecule is NCCCOc1ccc(N)cc1N. The molecule has 0 aliphatic heterocycles. The highest BCUT2D eigenvalue weighted by Gasteiger charge is 1.99. The first-order chi connectivity index (χ1) is 6.24. The van der Waals surface area contributed by atoms with Crippen LogP contribution in [0.4, 0.5) is 11.4 Å². The van der Waals surface area contributed by atoms with Crippen LogP contribution in [0.25, 0.3) is 0 Å². The van der Waals surface area contributed by atoms with Crippen molar-refractivity contribution in [3.63, 3.8) is 0 Å². The third-order valence-electron chi connectivity index (χ3n) is 1.64. The fourth-order valence-electron chi connectivity index (χ4n) is 0.964. The Bertz CT molecular complexity index is 276. The first kappa shape index (κ1) is 9.67. The van der Waals surface area contributed by atoms with Gasteiger partial charge in [-0.1, -0.05) is 0 Å². The van der Waals surface area contributed by atoms with Crippen LogP contribution in [0.5, 0.6) is 5.75 Å². The highest BCUT2D eigenvalue weighted by atomic mass is 16.5. The molecule has 72 valence electrons. The standard InChI is InChI=1S/C9H15N3O/c10-4-1-5-13-9-3-2-7(11)6-8(9)12/h2-3,6H,1,4-5,10-12H2. The van der Waals surface area contributed by atoms with Crippen molar-refractivity contribution < 1.29 is 4.74 Å². The van der Waals surface area contributed by atoms with Gasteiger partial charge >= 0.3 is 0 Å². The van der Waals surface area contributed by atoms with E-state index in [1.165, 1.54) is 0 Å². The van der Waals surface area contributed by atoms with Gasteiger partial charge in [0.25, 0.3) is 0 Å². The minimum Gasteiger partial charge on any atom is -0.491 e. The van der Waals surface area contributed by atoms with E-state index in [9.17, 15) is 0 Å². The van der Waals surface area contributed by atoms with Gasteiger partial charge in [0.2, 0.25) is 0 Å². The number of nitrogen functional groups attached to an aromatic ring is 2. The molecule has 0 aliphatic carbocycles. The average molecular weight is 181 g/mol. The zero-order valence-corrected chi connectivity index (χ0v) is 7.49. The molecule has 0 unspecified atom stereocenters. The van der Waals surface area contributed by atoms with Crippen molar-refractivity contribution in [2.45, 2.75) is 6.42 Å². The molecule has 6 N–H and O–H groups in total. The van der Waals surface area contributed by atoms with E-state index < -0.39 is 0 Å². The lowest BCUT2D eigenvalue weighted by atomic mass is 10.2. The molecule has 0 fully saturated rings. The van der Waals surface area contributed by atoms with Crippen molar-refractivity contribution in [1.82, 2.24) is 0 Å². The first-order valence-electron chi connectivity index (χ1n) is 4.22. The lowest BCUT2D eigenvalue weighted by Crippen LogP contribution is -2.07. The second kappa shape index (κ2) is 4.57. The normalized spacial score (nSPS) is 9.92. The maximum atomic E-state index is 5.67. The molecule has 1 aromatic rings. The zero-order valence-electron chi connectivity index (χ0n) is 7.49. The number of anilines is 2. The monoisotopic (exact) mass is 181 g/mol. The van der Waals surface area contributed by atoms with Gasteiger partial charge in [-0.3, -0.25) is 0 Å². The Kier molecular flexibility index (Phi) is 3.40. The summed E-state index contributed by atoms with van der Waals surface area (Å²) in [5.74, 6) is 0.669. The quantitative estimate of drug-likeness (QED) is 0.468. The van der Waals surface area contributed by atoms with Crippen LogP contribution in [0.15, 0.2) is 18.2 Å². The number of rotatable bonds is 4. The largest absolute Gasteiger partial charge is 0.491 e. The van der Waals surface area contributed by atoms with E-state index in [-0.39, 0.29) is 0 Å². The van der Waals surface area contributed by atoms with Crippen LogP contribution >= 0.6 is 0 Å². The summed E-state index contributed by atoms with van der Waals surface area (Å²) in [5, 5.41) is 0. The van der Waals surface area contributed by atoms with Crippen molar-refractivity contribution in [3.05, 3.63) is 18.2 Å². The van der Waals surface area contributed by atoms with Gasteiger partial charge < -0.3 is 21.9 Å². The highest BCUT2D eigenvalue weighted by molar-refractivity contribution is 5.60. The third-order valence-corrected chi connectivity index (χ3v) is 1.64. The molecule has 0 radical (unpaired) electrons. The van der Waals surface area contributed by atoms with Gasteiger partial charge in [0, 0.05) is 5.69 Å².